The van der Waals surface area contributed by atoms with Gasteiger partial charge in [0.2, 0.25) is 11.9 Å². The molecule has 1 saturated heterocycles. The Bertz CT molecular complexity index is 1480. The molecule has 1 aliphatic rings. The molecule has 0 saturated carbocycles. The van der Waals surface area contributed by atoms with Crippen molar-refractivity contribution in [1.29, 1.82) is 0 Å². The highest BCUT2D eigenvalue weighted by Crippen LogP contribution is 2.27. The fraction of sp³-hybridized carbons (Fsp3) is 0.370. The highest BCUT2D eigenvalue weighted by molar-refractivity contribution is 7.16. The molecular formula is C27H32N8O3S. The molecule has 0 bridgehead atoms. The van der Waals surface area contributed by atoms with Gasteiger partial charge in [0.1, 0.15) is 17.7 Å². The van der Waals surface area contributed by atoms with Gasteiger partial charge in [0.05, 0.1) is 27.6 Å². The molecule has 3 aromatic heterocycles. The summed E-state index contributed by atoms with van der Waals surface area (Å²) in [7, 11) is 0. The Balaban J connectivity index is 1.43. The number of aromatic nitrogens is 5. The minimum absolute atomic E-state index is 0.0302. The molecule has 5 rings (SSSR count). The van der Waals surface area contributed by atoms with E-state index in [0.717, 1.165) is 34.4 Å². The van der Waals surface area contributed by atoms with Crippen molar-refractivity contribution in [3.8, 4) is 5.00 Å². The fourth-order valence-electron chi connectivity index (χ4n) is 4.78. The van der Waals surface area contributed by atoms with Crippen molar-refractivity contribution in [2.45, 2.75) is 51.4 Å². The maximum atomic E-state index is 13.3. The molecule has 0 spiro atoms. The van der Waals surface area contributed by atoms with Gasteiger partial charge in [0, 0.05) is 26.2 Å². The Hall–Kier alpha value is -3.87. The number of carbonyl (C=O) groups excluding carboxylic acids is 2. The number of carbonyl (C=O) groups is 2. The summed E-state index contributed by atoms with van der Waals surface area (Å²) in [6, 6.07) is 9.52. The largest absolute Gasteiger partial charge is 0.389 e. The van der Waals surface area contributed by atoms with E-state index in [0.29, 0.717) is 37.0 Å². The van der Waals surface area contributed by atoms with Crippen LogP contribution in [-0.2, 0) is 17.9 Å². The van der Waals surface area contributed by atoms with Crippen LogP contribution in [0.1, 0.15) is 41.9 Å². The van der Waals surface area contributed by atoms with E-state index in [1.165, 1.54) is 23.7 Å². The number of anilines is 1. The lowest BCUT2D eigenvalue weighted by molar-refractivity contribution is -0.126. The van der Waals surface area contributed by atoms with Gasteiger partial charge in [-0.05, 0) is 62.6 Å². The van der Waals surface area contributed by atoms with Gasteiger partial charge in [-0.1, -0.05) is 12.6 Å². The zero-order chi connectivity index (χ0) is 27.6. The average molecular weight is 549 g/mol. The molecule has 0 radical (unpaired) electrons. The molecule has 4 heterocycles. The molecule has 3 N–H and O–H groups in total. The van der Waals surface area contributed by atoms with Crippen molar-refractivity contribution < 1.29 is 14.7 Å². The third kappa shape index (κ3) is 6.08. The lowest BCUT2D eigenvalue weighted by Crippen LogP contribution is -2.37. The van der Waals surface area contributed by atoms with Gasteiger partial charge in [-0.2, -0.15) is 5.10 Å². The number of rotatable bonds is 10. The van der Waals surface area contributed by atoms with Crippen LogP contribution < -0.4 is 10.6 Å². The molecule has 0 aliphatic carbocycles. The predicted octanol–water partition coefficient (Wildman–Crippen LogP) is 2.97. The van der Waals surface area contributed by atoms with Crippen molar-refractivity contribution in [3.05, 3.63) is 66.1 Å². The maximum Gasteiger partial charge on any atom is 0.268 e. The van der Waals surface area contributed by atoms with Crippen LogP contribution in [0.2, 0.25) is 0 Å². The van der Waals surface area contributed by atoms with Gasteiger partial charge in [-0.3, -0.25) is 14.9 Å². The Morgan fingerprint density at radius 3 is 2.87 bits per heavy atom. The summed E-state index contributed by atoms with van der Waals surface area (Å²) in [6.07, 6.45) is 6.15. The van der Waals surface area contributed by atoms with E-state index in [1.54, 1.807) is 30.9 Å². The number of thiophene rings is 1. The zero-order valence-corrected chi connectivity index (χ0v) is 22.8. The highest BCUT2D eigenvalue weighted by Gasteiger charge is 2.29. The lowest BCUT2D eigenvalue weighted by Gasteiger charge is -2.24. The lowest BCUT2D eigenvalue weighted by atomic mass is 10.1. The first-order valence-electron chi connectivity index (χ1n) is 12.8. The average Bonchev–Trinajstić information content (AvgIpc) is 3.70. The van der Waals surface area contributed by atoms with E-state index in [-0.39, 0.29) is 17.9 Å². The maximum absolute atomic E-state index is 13.3. The number of likely N-dealkylation sites (tertiary alicyclic amines) is 1. The van der Waals surface area contributed by atoms with Crippen molar-refractivity contribution in [1.82, 2.24) is 34.5 Å². The highest BCUT2D eigenvalue weighted by atomic mass is 32.1. The third-order valence-corrected chi connectivity index (χ3v) is 7.69. The van der Waals surface area contributed by atoms with Gasteiger partial charge < -0.3 is 19.9 Å². The topological polar surface area (TPSA) is 130 Å². The van der Waals surface area contributed by atoms with Crippen molar-refractivity contribution >= 4 is 40.1 Å². The van der Waals surface area contributed by atoms with E-state index in [2.05, 4.69) is 27.3 Å². The Kier molecular flexibility index (Phi) is 7.60. The summed E-state index contributed by atoms with van der Waals surface area (Å²) in [5, 5.41) is 21.2. The van der Waals surface area contributed by atoms with Crippen molar-refractivity contribution in [2.75, 3.05) is 18.4 Å². The molecule has 1 atom stereocenters. The van der Waals surface area contributed by atoms with Gasteiger partial charge in [-0.25, -0.2) is 14.6 Å². The van der Waals surface area contributed by atoms with E-state index < -0.39 is 5.60 Å². The van der Waals surface area contributed by atoms with E-state index >= 15 is 0 Å². The van der Waals surface area contributed by atoms with Gasteiger partial charge in [-0.15, -0.1) is 11.3 Å². The standard InChI is InChI=1S/C27H32N8O3S/c1-4-23(36)33-11-5-6-19(33)14-34-21-8-7-18(13-28-15-27(2,3)38)12-20(21)31-26(34)32-25(37)22-9-10-24(39-22)35-17-29-16-30-35/h4,7-10,12,16-17,19,28,38H,1,5-6,11,13-15H2,2-3H3,(H,31,32,37). The number of amides is 2. The second-order valence-corrected chi connectivity index (χ2v) is 11.3. The Morgan fingerprint density at radius 1 is 1.28 bits per heavy atom. The molecule has 1 aromatic carbocycles. The Morgan fingerprint density at radius 2 is 2.13 bits per heavy atom. The summed E-state index contributed by atoms with van der Waals surface area (Å²) in [5.74, 6) is 0.0533. The van der Waals surface area contributed by atoms with Crippen LogP contribution >= 0.6 is 11.3 Å². The molecule has 204 valence electrons. The number of aliphatic hydroxyl groups is 1. The summed E-state index contributed by atoms with van der Waals surface area (Å²) in [5.41, 5.74) is 1.80. The van der Waals surface area contributed by atoms with Crippen LogP contribution in [-0.4, -0.2) is 70.9 Å². The first-order valence-corrected chi connectivity index (χ1v) is 13.6. The minimum Gasteiger partial charge on any atom is -0.389 e. The molecule has 4 aromatic rings. The van der Waals surface area contributed by atoms with E-state index in [9.17, 15) is 14.7 Å². The molecule has 39 heavy (non-hydrogen) atoms. The van der Waals surface area contributed by atoms with E-state index in [4.69, 9.17) is 4.98 Å². The minimum atomic E-state index is -0.811. The van der Waals surface area contributed by atoms with Gasteiger partial charge >= 0.3 is 0 Å². The summed E-state index contributed by atoms with van der Waals surface area (Å²) in [6.45, 7) is 9.36. The number of benzene rings is 1. The van der Waals surface area contributed by atoms with Crippen LogP contribution in [0.4, 0.5) is 5.95 Å². The van der Waals surface area contributed by atoms with Crippen molar-refractivity contribution in [2.24, 2.45) is 0 Å². The predicted molar refractivity (Wildman–Crippen MR) is 150 cm³/mol. The molecule has 1 aliphatic heterocycles. The Labute approximate surface area is 230 Å². The monoisotopic (exact) mass is 548 g/mol. The summed E-state index contributed by atoms with van der Waals surface area (Å²) >= 11 is 1.30. The molecule has 11 nitrogen and oxygen atoms in total. The first-order chi connectivity index (χ1) is 18.7. The van der Waals surface area contributed by atoms with Crippen LogP contribution in [0.15, 0.2) is 55.6 Å². The smallest absolute Gasteiger partial charge is 0.268 e. The number of hydrogen-bond donors (Lipinski definition) is 3. The SMILES string of the molecule is C=CC(=O)N1CCCC1Cn1c(NC(=O)c2ccc(-n3cncn3)s2)nc2cc(CNCC(C)(C)O)ccc21. The fourth-order valence-corrected chi connectivity index (χ4v) is 5.61. The van der Waals surface area contributed by atoms with E-state index in [1.807, 2.05) is 33.7 Å². The molecule has 1 unspecified atom stereocenters. The number of hydrogen-bond acceptors (Lipinski definition) is 8. The third-order valence-electron chi connectivity index (χ3n) is 6.61. The van der Waals surface area contributed by atoms with Gasteiger partial charge in [0.25, 0.3) is 5.91 Å². The number of nitrogens with zero attached hydrogens (tertiary/aromatic N) is 6. The summed E-state index contributed by atoms with van der Waals surface area (Å²) in [4.78, 5) is 36.8. The zero-order valence-electron chi connectivity index (χ0n) is 22.0. The molecule has 12 heteroatoms. The van der Waals surface area contributed by atoms with Crippen LogP contribution in [0.5, 0.6) is 0 Å². The van der Waals surface area contributed by atoms with Crippen LogP contribution in [0.25, 0.3) is 16.0 Å². The molecule has 2 amide bonds. The number of fused-ring (bicyclic) bond motifs is 1. The molecular weight excluding hydrogens is 516 g/mol. The summed E-state index contributed by atoms with van der Waals surface area (Å²) < 4.78 is 3.59. The second-order valence-electron chi connectivity index (χ2n) is 10.2. The number of nitrogens with one attached hydrogen (secondary N) is 2. The number of imidazole rings is 1. The van der Waals surface area contributed by atoms with Gasteiger partial charge in [0.15, 0.2) is 0 Å². The van der Waals surface area contributed by atoms with Crippen molar-refractivity contribution in [3.63, 3.8) is 0 Å². The van der Waals surface area contributed by atoms with Crippen LogP contribution in [0.3, 0.4) is 0 Å². The normalized spacial score (nSPS) is 15.7. The quantitative estimate of drug-likeness (QED) is 0.260. The first kappa shape index (κ1) is 26.7. The molecule has 1 fully saturated rings. The van der Waals surface area contributed by atoms with Crippen LogP contribution in [0, 0.1) is 0 Å². The second kappa shape index (κ2) is 11.1.